The summed E-state index contributed by atoms with van der Waals surface area (Å²) in [6.07, 6.45) is -2.52. The number of nitrogens with two attached hydrogens (primary N) is 2. The van der Waals surface area contributed by atoms with E-state index in [0.29, 0.717) is 0 Å². The third-order valence-electron chi connectivity index (χ3n) is 3.35. The molecule has 0 unspecified atom stereocenters. The molecule has 1 amide bonds. The summed E-state index contributed by atoms with van der Waals surface area (Å²) in [5.41, 5.74) is 4.66. The van der Waals surface area contributed by atoms with Crippen LogP contribution in [0.25, 0.3) is 0 Å². The van der Waals surface area contributed by atoms with E-state index < -0.39 is 27.7 Å². The molecule has 0 aliphatic rings. The molecule has 0 aliphatic carbocycles. The number of sulfonamides is 1. The fraction of sp³-hybridized carbons (Fsp3) is 0.286. The van der Waals surface area contributed by atoms with Crippen LogP contribution >= 0.6 is 0 Å². The van der Waals surface area contributed by atoms with Gasteiger partial charge in [-0.1, -0.05) is 0 Å². The molecular weight excluding hydrogens is 375 g/mol. The number of amides is 1. The van der Waals surface area contributed by atoms with Gasteiger partial charge in [0.25, 0.3) is 0 Å². The van der Waals surface area contributed by atoms with Gasteiger partial charge in [-0.15, -0.1) is 0 Å². The van der Waals surface area contributed by atoms with Crippen LogP contribution in [-0.4, -0.2) is 24.1 Å². The number of carbonyl (C=O) groups excluding carboxylic acids is 1. The number of aryl methyl sites for hydroxylation is 1. The summed E-state index contributed by atoms with van der Waals surface area (Å²) < 4.78 is 62.1. The molecule has 2 aromatic rings. The fourth-order valence-electron chi connectivity index (χ4n) is 2.10. The molecule has 12 heteroatoms. The van der Waals surface area contributed by atoms with E-state index in [4.69, 9.17) is 10.9 Å². The molecule has 8 nitrogen and oxygen atoms in total. The third-order valence-corrected chi connectivity index (χ3v) is 4.21. The minimum atomic E-state index is -4.57. The molecule has 5 N–H and O–H groups in total. The van der Waals surface area contributed by atoms with E-state index in [1.165, 1.54) is 10.7 Å². The van der Waals surface area contributed by atoms with Crippen molar-refractivity contribution in [2.75, 3.05) is 5.32 Å². The van der Waals surface area contributed by atoms with Gasteiger partial charge in [0.05, 0.1) is 11.8 Å². The summed E-state index contributed by atoms with van der Waals surface area (Å²) in [7, 11) is -3.90. The molecule has 0 fully saturated rings. The van der Waals surface area contributed by atoms with Gasteiger partial charge >= 0.3 is 6.18 Å². The summed E-state index contributed by atoms with van der Waals surface area (Å²) in [4.78, 5) is 11.7. The third kappa shape index (κ3) is 5.28. The molecule has 142 valence electrons. The molecule has 2 rings (SSSR count). The van der Waals surface area contributed by atoms with Crippen molar-refractivity contribution in [3.63, 3.8) is 0 Å². The topological polar surface area (TPSA) is 133 Å². The number of anilines is 1. The maximum Gasteiger partial charge on any atom is 0.416 e. The average molecular weight is 391 g/mol. The van der Waals surface area contributed by atoms with Crippen molar-refractivity contribution in [2.45, 2.75) is 30.6 Å². The van der Waals surface area contributed by atoms with E-state index in [2.05, 4.69) is 10.4 Å². The number of halogens is 3. The van der Waals surface area contributed by atoms with Crippen molar-refractivity contribution in [1.29, 1.82) is 0 Å². The lowest BCUT2D eigenvalue weighted by molar-refractivity contribution is -0.137. The zero-order valence-electron chi connectivity index (χ0n) is 13.3. The first-order chi connectivity index (χ1) is 12.0. The summed E-state index contributed by atoms with van der Waals surface area (Å²) in [6, 6.07) is 3.07. The predicted molar refractivity (Wildman–Crippen MR) is 86.2 cm³/mol. The van der Waals surface area contributed by atoms with E-state index in [9.17, 15) is 26.4 Å². The number of benzene rings is 1. The predicted octanol–water partition coefficient (Wildman–Crippen LogP) is 1.04. The van der Waals surface area contributed by atoms with Gasteiger partial charge < -0.3 is 11.1 Å². The number of rotatable bonds is 6. The van der Waals surface area contributed by atoms with Crippen LogP contribution in [0.15, 0.2) is 35.5 Å². The van der Waals surface area contributed by atoms with Gasteiger partial charge in [-0.2, -0.15) is 18.3 Å². The first-order valence-electron chi connectivity index (χ1n) is 7.25. The highest BCUT2D eigenvalue weighted by atomic mass is 32.2. The van der Waals surface area contributed by atoms with Crippen molar-refractivity contribution in [3.05, 3.63) is 41.7 Å². The van der Waals surface area contributed by atoms with E-state index >= 15 is 0 Å². The molecule has 26 heavy (non-hydrogen) atoms. The van der Waals surface area contributed by atoms with Crippen molar-refractivity contribution < 1.29 is 26.4 Å². The lowest BCUT2D eigenvalue weighted by atomic mass is 10.1. The average Bonchev–Trinajstić information content (AvgIpc) is 3.01. The standard InChI is InChI=1S/C14H16F3N5O3S/c15-14(16,17)10-3-9(6-18)4-11(5-10)21-13(23)1-2-22-8-12(7-20-22)26(19,24)25/h3-5,7-8H,1-2,6,18H2,(H,21,23)(H2,19,24,25). The number of hydrogen-bond acceptors (Lipinski definition) is 5. The largest absolute Gasteiger partial charge is 0.416 e. The fourth-order valence-corrected chi connectivity index (χ4v) is 2.56. The van der Waals surface area contributed by atoms with Gasteiger partial charge in [-0.3, -0.25) is 9.48 Å². The number of aromatic nitrogens is 2. The minimum Gasteiger partial charge on any atom is -0.326 e. The summed E-state index contributed by atoms with van der Waals surface area (Å²) in [5.74, 6) is -0.569. The first-order valence-corrected chi connectivity index (χ1v) is 8.80. The molecule has 0 saturated heterocycles. The van der Waals surface area contributed by atoms with E-state index in [0.717, 1.165) is 24.5 Å². The Balaban J connectivity index is 2.04. The van der Waals surface area contributed by atoms with Crippen molar-refractivity contribution in [1.82, 2.24) is 9.78 Å². The Morgan fingerprint density at radius 3 is 2.50 bits per heavy atom. The summed E-state index contributed by atoms with van der Waals surface area (Å²) in [6.45, 7) is -0.0967. The Bertz CT molecular complexity index is 909. The van der Waals surface area contributed by atoms with Gasteiger partial charge in [0.15, 0.2) is 0 Å². The Labute approximate surface area is 147 Å². The van der Waals surface area contributed by atoms with Gasteiger partial charge in [0, 0.05) is 31.4 Å². The lowest BCUT2D eigenvalue weighted by Crippen LogP contribution is -2.16. The van der Waals surface area contributed by atoms with Crippen LogP contribution in [0.2, 0.25) is 0 Å². The van der Waals surface area contributed by atoms with Gasteiger partial charge in [-0.05, 0) is 23.8 Å². The highest BCUT2D eigenvalue weighted by Gasteiger charge is 2.31. The normalized spacial score (nSPS) is 12.2. The SMILES string of the molecule is NCc1cc(NC(=O)CCn2cc(S(N)(=O)=O)cn2)cc(C(F)(F)F)c1. The molecule has 0 aliphatic heterocycles. The molecule has 1 heterocycles. The number of alkyl halides is 3. The molecule has 0 radical (unpaired) electrons. The van der Waals surface area contributed by atoms with Crippen LogP contribution in [0.4, 0.5) is 18.9 Å². The van der Waals surface area contributed by atoms with Crippen LogP contribution < -0.4 is 16.2 Å². The maximum absolute atomic E-state index is 12.9. The van der Waals surface area contributed by atoms with E-state index in [1.807, 2.05) is 0 Å². The molecule has 1 aromatic heterocycles. The van der Waals surface area contributed by atoms with Crippen LogP contribution in [0.3, 0.4) is 0 Å². The highest BCUT2D eigenvalue weighted by Crippen LogP contribution is 2.32. The van der Waals surface area contributed by atoms with E-state index in [1.54, 1.807) is 0 Å². The second kappa shape index (κ2) is 7.43. The smallest absolute Gasteiger partial charge is 0.326 e. The van der Waals surface area contributed by atoms with Crippen molar-refractivity contribution in [3.8, 4) is 0 Å². The second-order valence-corrected chi connectivity index (χ2v) is 6.96. The number of hydrogen-bond donors (Lipinski definition) is 3. The van der Waals surface area contributed by atoms with Gasteiger partial charge in [0.2, 0.25) is 15.9 Å². The Morgan fingerprint density at radius 2 is 1.96 bits per heavy atom. The zero-order valence-corrected chi connectivity index (χ0v) is 14.1. The molecule has 0 atom stereocenters. The van der Waals surface area contributed by atoms with Crippen molar-refractivity contribution >= 4 is 21.6 Å². The lowest BCUT2D eigenvalue weighted by Gasteiger charge is -2.12. The van der Waals surface area contributed by atoms with Gasteiger partial charge in [0.1, 0.15) is 4.90 Å². The molecular formula is C14H16F3N5O3S. The maximum atomic E-state index is 12.9. The minimum absolute atomic E-state index is 0.0179. The number of carbonyl (C=O) groups is 1. The number of nitrogens with one attached hydrogen (secondary N) is 1. The second-order valence-electron chi connectivity index (χ2n) is 5.40. The molecule has 0 bridgehead atoms. The number of primary sulfonamides is 1. The quantitative estimate of drug-likeness (QED) is 0.677. The highest BCUT2D eigenvalue weighted by molar-refractivity contribution is 7.89. The van der Waals surface area contributed by atoms with Gasteiger partial charge in [-0.25, -0.2) is 13.6 Å². The molecule has 0 spiro atoms. The van der Waals surface area contributed by atoms with Crippen LogP contribution in [0, 0.1) is 0 Å². The summed E-state index contributed by atoms with van der Waals surface area (Å²) in [5, 5.41) is 11.0. The van der Waals surface area contributed by atoms with Crippen LogP contribution in [0.5, 0.6) is 0 Å². The zero-order chi connectivity index (χ0) is 19.5. The number of nitrogens with zero attached hydrogens (tertiary/aromatic N) is 2. The van der Waals surface area contributed by atoms with Crippen LogP contribution in [-0.2, 0) is 34.1 Å². The molecule has 0 saturated carbocycles. The Kier molecular flexibility index (Phi) is 5.68. The monoisotopic (exact) mass is 391 g/mol. The Hall–Kier alpha value is -2.44. The first kappa shape index (κ1) is 19.9. The summed E-state index contributed by atoms with van der Waals surface area (Å²) >= 11 is 0. The molecule has 1 aromatic carbocycles. The van der Waals surface area contributed by atoms with Crippen molar-refractivity contribution in [2.24, 2.45) is 10.9 Å². The van der Waals surface area contributed by atoms with Crippen LogP contribution in [0.1, 0.15) is 17.5 Å². The van der Waals surface area contributed by atoms with E-state index in [-0.39, 0.29) is 35.7 Å². The Morgan fingerprint density at radius 1 is 1.27 bits per heavy atom.